The summed E-state index contributed by atoms with van der Waals surface area (Å²) < 4.78 is 5.06. The number of hydrogen-bond donors (Lipinski definition) is 3. The number of methoxy groups -OCH3 is 1. The van der Waals surface area contributed by atoms with Crippen molar-refractivity contribution < 1.29 is 9.84 Å². The van der Waals surface area contributed by atoms with E-state index in [4.69, 9.17) is 22.1 Å². The van der Waals surface area contributed by atoms with Gasteiger partial charge in [-0.2, -0.15) is 5.10 Å². The van der Waals surface area contributed by atoms with Crippen molar-refractivity contribution in [2.75, 3.05) is 12.8 Å². The zero-order chi connectivity index (χ0) is 11.7. The summed E-state index contributed by atoms with van der Waals surface area (Å²) in [5.41, 5.74) is 6.62. The van der Waals surface area contributed by atoms with E-state index in [1.54, 1.807) is 12.1 Å². The summed E-state index contributed by atoms with van der Waals surface area (Å²) in [7, 11) is 1.50. The SMILES string of the molecule is COc1cc(-c2cc(N)n[nH]2)c(O)cc1Cl. The Hall–Kier alpha value is -1.88. The second-order valence-electron chi connectivity index (χ2n) is 3.21. The second kappa shape index (κ2) is 3.94. The highest BCUT2D eigenvalue weighted by Crippen LogP contribution is 2.37. The number of aromatic hydroxyl groups is 1. The molecule has 2 aromatic rings. The van der Waals surface area contributed by atoms with Crippen LogP contribution in [0.15, 0.2) is 18.2 Å². The molecule has 0 amide bonds. The van der Waals surface area contributed by atoms with Crippen LogP contribution in [-0.4, -0.2) is 22.4 Å². The van der Waals surface area contributed by atoms with Gasteiger partial charge in [-0.05, 0) is 6.07 Å². The standard InChI is InChI=1S/C10H10ClN3O2/c1-16-9-2-5(8(15)3-6(9)11)7-4-10(12)14-13-7/h2-4,15H,1H3,(H3,12,13,14). The highest BCUT2D eigenvalue weighted by molar-refractivity contribution is 6.32. The van der Waals surface area contributed by atoms with E-state index in [-0.39, 0.29) is 5.75 Å². The number of anilines is 1. The van der Waals surface area contributed by atoms with Crippen LogP contribution in [0.25, 0.3) is 11.3 Å². The maximum atomic E-state index is 9.75. The maximum Gasteiger partial charge on any atom is 0.145 e. The van der Waals surface area contributed by atoms with E-state index < -0.39 is 0 Å². The van der Waals surface area contributed by atoms with Gasteiger partial charge in [-0.1, -0.05) is 11.6 Å². The Kier molecular flexibility index (Phi) is 2.62. The molecule has 0 saturated carbocycles. The van der Waals surface area contributed by atoms with E-state index in [1.165, 1.54) is 13.2 Å². The lowest BCUT2D eigenvalue weighted by Crippen LogP contribution is -1.87. The fraction of sp³-hybridized carbons (Fsp3) is 0.100. The van der Waals surface area contributed by atoms with Crippen LogP contribution in [0.1, 0.15) is 0 Å². The van der Waals surface area contributed by atoms with E-state index in [0.29, 0.717) is 27.8 Å². The van der Waals surface area contributed by atoms with Gasteiger partial charge in [0.1, 0.15) is 17.3 Å². The quantitative estimate of drug-likeness (QED) is 0.749. The van der Waals surface area contributed by atoms with E-state index in [1.807, 2.05) is 0 Å². The minimum absolute atomic E-state index is 0.0365. The molecular weight excluding hydrogens is 230 g/mol. The number of phenols is 1. The molecule has 0 unspecified atom stereocenters. The molecule has 1 heterocycles. The van der Waals surface area contributed by atoms with Gasteiger partial charge in [-0.15, -0.1) is 0 Å². The van der Waals surface area contributed by atoms with Crippen LogP contribution >= 0.6 is 11.6 Å². The summed E-state index contributed by atoms with van der Waals surface area (Å²) in [6.07, 6.45) is 0. The molecule has 1 aromatic carbocycles. The first kappa shape index (κ1) is 10.6. The number of aromatic nitrogens is 2. The number of nitrogen functional groups attached to an aromatic ring is 1. The minimum Gasteiger partial charge on any atom is -0.507 e. The Morgan fingerprint density at radius 1 is 1.44 bits per heavy atom. The molecule has 1 aromatic heterocycles. The number of nitrogens with zero attached hydrogens (tertiary/aromatic N) is 1. The van der Waals surface area contributed by atoms with Crippen molar-refractivity contribution >= 4 is 17.4 Å². The zero-order valence-corrected chi connectivity index (χ0v) is 9.25. The highest BCUT2D eigenvalue weighted by atomic mass is 35.5. The van der Waals surface area contributed by atoms with Gasteiger partial charge in [0.15, 0.2) is 0 Å². The first-order chi connectivity index (χ1) is 7.61. The number of rotatable bonds is 2. The Balaban J connectivity index is 2.56. The van der Waals surface area contributed by atoms with Crippen LogP contribution in [0.2, 0.25) is 5.02 Å². The molecule has 2 rings (SSSR count). The third kappa shape index (κ3) is 1.77. The lowest BCUT2D eigenvalue weighted by atomic mass is 10.1. The molecule has 0 spiro atoms. The third-order valence-corrected chi connectivity index (χ3v) is 2.45. The summed E-state index contributed by atoms with van der Waals surface area (Å²) in [6, 6.07) is 4.64. The molecule has 0 aliphatic heterocycles. The number of aromatic amines is 1. The third-order valence-electron chi connectivity index (χ3n) is 2.16. The van der Waals surface area contributed by atoms with Crippen molar-refractivity contribution in [1.82, 2.24) is 10.2 Å². The molecule has 0 aliphatic carbocycles. The lowest BCUT2D eigenvalue weighted by Gasteiger charge is -2.07. The molecule has 0 radical (unpaired) electrons. The number of ether oxygens (including phenoxy) is 1. The Morgan fingerprint density at radius 3 is 2.75 bits per heavy atom. The number of hydrogen-bond acceptors (Lipinski definition) is 4. The average molecular weight is 240 g/mol. The Bertz CT molecular complexity index is 525. The van der Waals surface area contributed by atoms with Crippen molar-refractivity contribution in [3.8, 4) is 22.8 Å². The van der Waals surface area contributed by atoms with Gasteiger partial charge in [-0.25, -0.2) is 0 Å². The van der Waals surface area contributed by atoms with Gasteiger partial charge in [-0.3, -0.25) is 5.10 Å². The summed E-state index contributed by atoms with van der Waals surface area (Å²) in [5.74, 6) is 0.861. The Morgan fingerprint density at radius 2 is 2.19 bits per heavy atom. The molecule has 0 bridgehead atoms. The van der Waals surface area contributed by atoms with Crippen molar-refractivity contribution in [3.63, 3.8) is 0 Å². The van der Waals surface area contributed by atoms with Crippen molar-refractivity contribution in [1.29, 1.82) is 0 Å². The first-order valence-electron chi connectivity index (χ1n) is 4.49. The van der Waals surface area contributed by atoms with Gasteiger partial charge < -0.3 is 15.6 Å². The fourth-order valence-electron chi connectivity index (χ4n) is 1.39. The second-order valence-corrected chi connectivity index (χ2v) is 3.62. The van der Waals surface area contributed by atoms with Crippen molar-refractivity contribution in [2.24, 2.45) is 0 Å². The average Bonchev–Trinajstić information content (AvgIpc) is 2.65. The van der Waals surface area contributed by atoms with Gasteiger partial charge in [0.25, 0.3) is 0 Å². The van der Waals surface area contributed by atoms with Gasteiger partial charge in [0.2, 0.25) is 0 Å². The molecule has 0 atom stereocenters. The normalized spacial score (nSPS) is 10.4. The summed E-state index contributed by atoms with van der Waals surface area (Å²) in [5, 5.41) is 16.6. The number of H-pyrrole nitrogens is 1. The van der Waals surface area contributed by atoms with E-state index in [0.717, 1.165) is 0 Å². The molecule has 84 valence electrons. The van der Waals surface area contributed by atoms with Gasteiger partial charge in [0.05, 0.1) is 17.8 Å². The number of halogens is 1. The van der Waals surface area contributed by atoms with Crippen LogP contribution in [0, 0.1) is 0 Å². The van der Waals surface area contributed by atoms with E-state index in [2.05, 4.69) is 10.2 Å². The largest absolute Gasteiger partial charge is 0.507 e. The van der Waals surface area contributed by atoms with Crippen LogP contribution < -0.4 is 10.5 Å². The molecule has 16 heavy (non-hydrogen) atoms. The molecular formula is C10H10ClN3O2. The molecule has 4 N–H and O–H groups in total. The smallest absolute Gasteiger partial charge is 0.145 e. The fourth-order valence-corrected chi connectivity index (χ4v) is 1.63. The highest BCUT2D eigenvalue weighted by Gasteiger charge is 2.11. The number of nitrogens with two attached hydrogens (primary N) is 1. The number of benzene rings is 1. The molecule has 0 fully saturated rings. The number of nitrogens with one attached hydrogen (secondary N) is 1. The van der Waals surface area contributed by atoms with Gasteiger partial charge >= 0.3 is 0 Å². The maximum absolute atomic E-state index is 9.75. The van der Waals surface area contributed by atoms with Crippen molar-refractivity contribution in [3.05, 3.63) is 23.2 Å². The lowest BCUT2D eigenvalue weighted by molar-refractivity contribution is 0.413. The predicted molar refractivity (Wildman–Crippen MR) is 61.7 cm³/mol. The monoisotopic (exact) mass is 239 g/mol. The predicted octanol–water partition coefficient (Wildman–Crippen LogP) is 2.03. The number of phenolic OH excluding ortho intramolecular Hbond substituents is 1. The zero-order valence-electron chi connectivity index (χ0n) is 8.49. The van der Waals surface area contributed by atoms with Crippen LogP contribution in [-0.2, 0) is 0 Å². The summed E-state index contributed by atoms with van der Waals surface area (Å²) >= 11 is 5.86. The minimum atomic E-state index is 0.0365. The molecule has 5 nitrogen and oxygen atoms in total. The topological polar surface area (TPSA) is 84.2 Å². The summed E-state index contributed by atoms with van der Waals surface area (Å²) in [4.78, 5) is 0. The summed E-state index contributed by atoms with van der Waals surface area (Å²) in [6.45, 7) is 0. The molecule has 0 aliphatic rings. The first-order valence-corrected chi connectivity index (χ1v) is 4.87. The van der Waals surface area contributed by atoms with E-state index in [9.17, 15) is 5.11 Å². The molecule has 6 heteroatoms. The van der Waals surface area contributed by atoms with Crippen molar-refractivity contribution in [2.45, 2.75) is 0 Å². The molecule has 0 saturated heterocycles. The van der Waals surface area contributed by atoms with Gasteiger partial charge in [0, 0.05) is 17.7 Å². The van der Waals surface area contributed by atoms with Crippen LogP contribution in [0.3, 0.4) is 0 Å². The Labute approximate surface area is 96.8 Å². The van der Waals surface area contributed by atoms with Crippen LogP contribution in [0.5, 0.6) is 11.5 Å². The van der Waals surface area contributed by atoms with Crippen LogP contribution in [0.4, 0.5) is 5.82 Å². The van der Waals surface area contributed by atoms with E-state index >= 15 is 0 Å².